The van der Waals surface area contributed by atoms with Crippen LogP contribution in [0.25, 0.3) is 0 Å². The fraction of sp³-hybridized carbons (Fsp3) is 0.176. The van der Waals surface area contributed by atoms with Crippen molar-refractivity contribution < 1.29 is 9.53 Å². The van der Waals surface area contributed by atoms with Gasteiger partial charge in [0.25, 0.3) is 0 Å². The summed E-state index contributed by atoms with van der Waals surface area (Å²) in [5.41, 5.74) is 2.83. The highest BCUT2D eigenvalue weighted by Gasteiger charge is 2.11. The number of carbonyl (C=O) groups excluding carboxylic acids is 1. The van der Waals surface area contributed by atoms with E-state index in [1.54, 1.807) is 25.1 Å². The lowest BCUT2D eigenvalue weighted by Crippen LogP contribution is -2.09. The molecule has 0 bridgehead atoms. The predicted molar refractivity (Wildman–Crippen MR) is 80.9 cm³/mol. The molecule has 0 atom stereocenters. The lowest BCUT2D eigenvalue weighted by atomic mass is 10.1. The number of hydrogen-bond acceptors (Lipinski definition) is 4. The van der Waals surface area contributed by atoms with Crippen molar-refractivity contribution in [1.29, 1.82) is 5.26 Å². The molecule has 4 heteroatoms. The van der Waals surface area contributed by atoms with Crippen molar-refractivity contribution in [3.63, 3.8) is 0 Å². The van der Waals surface area contributed by atoms with Gasteiger partial charge in [-0.25, -0.2) is 4.79 Å². The highest BCUT2D eigenvalue weighted by atomic mass is 16.5. The molecule has 0 heterocycles. The van der Waals surface area contributed by atoms with Crippen molar-refractivity contribution in [2.75, 3.05) is 11.9 Å². The van der Waals surface area contributed by atoms with Crippen LogP contribution in [0.3, 0.4) is 0 Å². The minimum absolute atomic E-state index is 0.341. The number of para-hydroxylation sites is 1. The fourth-order valence-corrected chi connectivity index (χ4v) is 1.97. The molecule has 0 aliphatic heterocycles. The first kappa shape index (κ1) is 14.6. The van der Waals surface area contributed by atoms with Gasteiger partial charge in [0.05, 0.1) is 23.8 Å². The molecule has 0 aliphatic rings. The summed E-state index contributed by atoms with van der Waals surface area (Å²) in [6.07, 6.45) is 0. The van der Waals surface area contributed by atoms with Crippen molar-refractivity contribution >= 4 is 11.7 Å². The summed E-state index contributed by atoms with van der Waals surface area (Å²) in [6.45, 7) is 2.66. The quantitative estimate of drug-likeness (QED) is 0.853. The molecule has 0 aromatic heterocycles. The molecule has 2 aromatic rings. The second-order valence-corrected chi connectivity index (χ2v) is 4.43. The Morgan fingerprint density at radius 1 is 1.24 bits per heavy atom. The van der Waals surface area contributed by atoms with Gasteiger partial charge in [-0.2, -0.15) is 5.26 Å². The summed E-state index contributed by atoms with van der Waals surface area (Å²) in [5.74, 6) is -0.341. The molecular formula is C17H16N2O2. The fourth-order valence-electron chi connectivity index (χ4n) is 1.97. The van der Waals surface area contributed by atoms with Crippen LogP contribution in [0.4, 0.5) is 5.69 Å². The molecule has 1 N–H and O–H groups in total. The lowest BCUT2D eigenvalue weighted by Gasteiger charge is -2.11. The Bertz CT molecular complexity index is 674. The Morgan fingerprint density at radius 2 is 2.05 bits per heavy atom. The Morgan fingerprint density at radius 3 is 2.81 bits per heavy atom. The van der Waals surface area contributed by atoms with E-state index < -0.39 is 0 Å². The average molecular weight is 280 g/mol. The zero-order valence-electron chi connectivity index (χ0n) is 11.8. The normalized spacial score (nSPS) is 9.71. The molecule has 0 aliphatic carbocycles. The summed E-state index contributed by atoms with van der Waals surface area (Å²) >= 11 is 0. The van der Waals surface area contributed by atoms with Crippen LogP contribution in [0.1, 0.15) is 28.4 Å². The smallest absolute Gasteiger partial charge is 0.340 e. The maximum atomic E-state index is 11.9. The number of rotatable bonds is 5. The number of esters is 1. The SMILES string of the molecule is CCOC(=O)c1ccccc1NCc1cccc(C#N)c1. The topological polar surface area (TPSA) is 62.1 Å². The van der Waals surface area contributed by atoms with Crippen LogP contribution in [0.2, 0.25) is 0 Å². The maximum Gasteiger partial charge on any atom is 0.340 e. The Labute approximate surface area is 124 Å². The number of ether oxygens (including phenoxy) is 1. The largest absolute Gasteiger partial charge is 0.462 e. The van der Waals surface area contributed by atoms with Gasteiger partial charge in [-0.05, 0) is 36.8 Å². The van der Waals surface area contributed by atoms with E-state index >= 15 is 0 Å². The molecule has 21 heavy (non-hydrogen) atoms. The number of nitrogens with zero attached hydrogens (tertiary/aromatic N) is 1. The first-order valence-corrected chi connectivity index (χ1v) is 6.73. The second-order valence-electron chi connectivity index (χ2n) is 4.43. The molecule has 106 valence electrons. The third-order valence-corrected chi connectivity index (χ3v) is 2.96. The molecule has 0 saturated carbocycles. The molecular weight excluding hydrogens is 264 g/mol. The van der Waals surface area contributed by atoms with Crippen molar-refractivity contribution in [2.24, 2.45) is 0 Å². The molecule has 0 amide bonds. The molecule has 0 unspecified atom stereocenters. The summed E-state index contributed by atoms with van der Waals surface area (Å²) in [5, 5.41) is 12.1. The molecule has 4 nitrogen and oxygen atoms in total. The number of benzene rings is 2. The number of anilines is 1. The van der Waals surface area contributed by atoms with E-state index in [-0.39, 0.29) is 5.97 Å². The number of carbonyl (C=O) groups is 1. The minimum atomic E-state index is -0.341. The van der Waals surface area contributed by atoms with Gasteiger partial charge in [0, 0.05) is 12.2 Å². The van der Waals surface area contributed by atoms with E-state index in [1.807, 2.05) is 30.3 Å². The predicted octanol–water partition coefficient (Wildman–Crippen LogP) is 3.35. The van der Waals surface area contributed by atoms with Gasteiger partial charge in [0.1, 0.15) is 0 Å². The second kappa shape index (κ2) is 7.11. The van der Waals surface area contributed by atoms with E-state index in [4.69, 9.17) is 10.00 Å². The van der Waals surface area contributed by atoms with E-state index in [0.717, 1.165) is 11.3 Å². The van der Waals surface area contributed by atoms with E-state index in [2.05, 4.69) is 11.4 Å². The van der Waals surface area contributed by atoms with Gasteiger partial charge in [0.15, 0.2) is 0 Å². The van der Waals surface area contributed by atoms with Crippen molar-refractivity contribution in [2.45, 2.75) is 13.5 Å². The highest BCUT2D eigenvalue weighted by molar-refractivity contribution is 5.95. The number of nitrogens with one attached hydrogen (secondary N) is 1. The van der Waals surface area contributed by atoms with Crippen LogP contribution in [0.15, 0.2) is 48.5 Å². The zero-order chi connectivity index (χ0) is 15.1. The Balaban J connectivity index is 2.13. The van der Waals surface area contributed by atoms with Gasteiger partial charge in [-0.15, -0.1) is 0 Å². The summed E-state index contributed by atoms with van der Waals surface area (Å²) < 4.78 is 5.04. The number of nitriles is 1. The Hall–Kier alpha value is -2.80. The molecule has 0 spiro atoms. The summed E-state index contributed by atoms with van der Waals surface area (Å²) in [7, 11) is 0. The van der Waals surface area contributed by atoms with Crippen molar-refractivity contribution in [3.8, 4) is 6.07 Å². The average Bonchev–Trinajstić information content (AvgIpc) is 2.53. The standard InChI is InChI=1S/C17H16N2O2/c1-2-21-17(20)15-8-3-4-9-16(15)19-12-14-7-5-6-13(10-14)11-18/h3-10,19H,2,12H2,1H3. The first-order chi connectivity index (χ1) is 10.2. The molecule has 0 saturated heterocycles. The van der Waals surface area contributed by atoms with Gasteiger partial charge < -0.3 is 10.1 Å². The highest BCUT2D eigenvalue weighted by Crippen LogP contribution is 2.17. The minimum Gasteiger partial charge on any atom is -0.462 e. The number of hydrogen-bond donors (Lipinski definition) is 1. The van der Waals surface area contributed by atoms with Crippen LogP contribution in [-0.2, 0) is 11.3 Å². The van der Waals surface area contributed by atoms with Gasteiger partial charge >= 0.3 is 5.97 Å². The van der Waals surface area contributed by atoms with Gasteiger partial charge in [-0.1, -0.05) is 24.3 Å². The third-order valence-electron chi connectivity index (χ3n) is 2.96. The molecule has 2 rings (SSSR count). The van der Waals surface area contributed by atoms with E-state index in [0.29, 0.717) is 24.3 Å². The van der Waals surface area contributed by atoms with Crippen molar-refractivity contribution in [3.05, 3.63) is 65.2 Å². The van der Waals surface area contributed by atoms with E-state index in [9.17, 15) is 4.79 Å². The first-order valence-electron chi connectivity index (χ1n) is 6.73. The summed E-state index contributed by atoms with van der Waals surface area (Å²) in [4.78, 5) is 11.9. The maximum absolute atomic E-state index is 11.9. The van der Waals surface area contributed by atoms with Crippen LogP contribution < -0.4 is 5.32 Å². The van der Waals surface area contributed by atoms with E-state index in [1.165, 1.54) is 0 Å². The van der Waals surface area contributed by atoms with Gasteiger partial charge in [-0.3, -0.25) is 0 Å². The zero-order valence-corrected chi connectivity index (χ0v) is 11.8. The summed E-state index contributed by atoms with van der Waals surface area (Å²) in [6, 6.07) is 16.7. The molecule has 0 radical (unpaired) electrons. The van der Waals surface area contributed by atoms with Crippen LogP contribution in [0.5, 0.6) is 0 Å². The third kappa shape index (κ3) is 3.83. The monoisotopic (exact) mass is 280 g/mol. The van der Waals surface area contributed by atoms with Crippen LogP contribution in [-0.4, -0.2) is 12.6 Å². The lowest BCUT2D eigenvalue weighted by molar-refractivity contribution is 0.0527. The Kier molecular flexibility index (Phi) is 4.94. The molecule has 2 aromatic carbocycles. The molecule has 0 fully saturated rings. The van der Waals surface area contributed by atoms with Crippen LogP contribution >= 0.6 is 0 Å². The van der Waals surface area contributed by atoms with Gasteiger partial charge in [0.2, 0.25) is 0 Å². The van der Waals surface area contributed by atoms with Crippen LogP contribution in [0, 0.1) is 11.3 Å². The van der Waals surface area contributed by atoms with Crippen molar-refractivity contribution in [1.82, 2.24) is 0 Å².